The highest BCUT2D eigenvalue weighted by Crippen LogP contribution is 2.36. The monoisotopic (exact) mass is 564 g/mol. The number of halogens is 1. The molecule has 5 rings (SSSR count). The zero-order valence-electron chi connectivity index (χ0n) is 23.2. The van der Waals surface area contributed by atoms with Crippen molar-refractivity contribution >= 4 is 25.5 Å². The fourth-order valence-electron chi connectivity index (χ4n) is 4.70. The molecule has 3 aromatic heterocycles. The minimum Gasteiger partial charge on any atom is -0.384 e. The lowest BCUT2D eigenvalue weighted by molar-refractivity contribution is 0.0785. The van der Waals surface area contributed by atoms with Crippen LogP contribution in [0.5, 0.6) is 0 Å². The van der Waals surface area contributed by atoms with Gasteiger partial charge >= 0.3 is 0 Å². The number of hydrogen-bond donors (Lipinski definition) is 1. The normalized spacial score (nSPS) is 14.4. The number of aromatic nitrogens is 6. The second-order valence-electron chi connectivity index (χ2n) is 11.5. The molecular weight excluding hydrogens is 528 g/mol. The third-order valence-corrected chi connectivity index (χ3v) is 8.98. The fraction of sp³-hybridized carbons (Fsp3) is 0.429. The van der Waals surface area contributed by atoms with Crippen LogP contribution in [-0.2, 0) is 18.0 Å². The molecule has 0 saturated carbocycles. The van der Waals surface area contributed by atoms with Crippen LogP contribution in [0.3, 0.4) is 0 Å². The van der Waals surface area contributed by atoms with Crippen LogP contribution in [-0.4, -0.2) is 62.2 Å². The summed E-state index contributed by atoms with van der Waals surface area (Å²) >= 11 is 6.79. The molecule has 39 heavy (non-hydrogen) atoms. The van der Waals surface area contributed by atoms with Crippen LogP contribution in [0.15, 0.2) is 43.0 Å². The number of ether oxygens (including phenoxy) is 1. The second-order valence-corrected chi connectivity index (χ2v) is 17.5. The Morgan fingerprint density at radius 3 is 2.62 bits per heavy atom. The van der Waals surface area contributed by atoms with Gasteiger partial charge in [-0.05, 0) is 62.2 Å². The van der Waals surface area contributed by atoms with Gasteiger partial charge in [-0.15, -0.1) is 5.10 Å². The molecule has 1 aromatic carbocycles. The minimum atomic E-state index is -1.16. The van der Waals surface area contributed by atoms with Gasteiger partial charge in [-0.25, -0.2) is 19.3 Å². The van der Waals surface area contributed by atoms with Crippen LogP contribution in [0.25, 0.3) is 28.3 Å². The Morgan fingerprint density at radius 1 is 1.05 bits per heavy atom. The molecule has 0 radical (unpaired) electrons. The summed E-state index contributed by atoms with van der Waals surface area (Å²) in [6, 6.07) is 9.12. The van der Waals surface area contributed by atoms with Gasteiger partial charge in [-0.3, -0.25) is 4.90 Å². The lowest BCUT2D eigenvalue weighted by atomic mass is 10.0. The third-order valence-electron chi connectivity index (χ3n) is 6.95. The second kappa shape index (κ2) is 11.6. The molecule has 11 heteroatoms. The SMILES string of the molecule is Cc1cnc(N)cc1-n1cc(-c2ncn(COCC[Si](C)(C)C)n2)c(-c2cc(CN3CCCC3)ccc2Cl)n1. The number of pyridine rings is 1. The molecule has 9 nitrogen and oxygen atoms in total. The Labute approximate surface area is 236 Å². The quantitative estimate of drug-likeness (QED) is 0.196. The van der Waals surface area contributed by atoms with Crippen molar-refractivity contribution < 1.29 is 4.74 Å². The van der Waals surface area contributed by atoms with Gasteiger partial charge in [0.2, 0.25) is 0 Å². The summed E-state index contributed by atoms with van der Waals surface area (Å²) in [5.74, 6) is 0.989. The van der Waals surface area contributed by atoms with Crippen LogP contribution in [0.1, 0.15) is 24.0 Å². The molecule has 2 N–H and O–H groups in total. The molecule has 206 valence electrons. The summed E-state index contributed by atoms with van der Waals surface area (Å²) in [4.78, 5) is 11.3. The van der Waals surface area contributed by atoms with Crippen molar-refractivity contribution in [2.24, 2.45) is 0 Å². The van der Waals surface area contributed by atoms with E-state index in [1.54, 1.807) is 17.2 Å². The first-order chi connectivity index (χ1) is 18.7. The van der Waals surface area contributed by atoms with Gasteiger partial charge in [0, 0.05) is 45.2 Å². The molecule has 1 aliphatic heterocycles. The number of nitrogens with two attached hydrogens (primary N) is 1. The van der Waals surface area contributed by atoms with Gasteiger partial charge in [0.1, 0.15) is 24.6 Å². The first kappa shape index (κ1) is 27.5. The maximum absolute atomic E-state index is 6.79. The molecule has 4 aromatic rings. The van der Waals surface area contributed by atoms with Crippen molar-refractivity contribution in [3.63, 3.8) is 0 Å². The predicted molar refractivity (Wildman–Crippen MR) is 159 cm³/mol. The molecule has 0 amide bonds. The standard InChI is InChI=1S/C28H37ClN8OSi/c1-20-15-31-26(30)14-25(20)37-17-23(28-32-18-36(34-28)19-38-11-12-39(2,3)4)27(33-37)22-13-21(7-8-24(22)29)16-35-9-5-6-10-35/h7-8,13-15,17-18H,5-6,9-12,16,19H2,1-4H3,(H2,30,31). The van der Waals surface area contributed by atoms with Gasteiger partial charge < -0.3 is 10.5 Å². The van der Waals surface area contributed by atoms with E-state index >= 15 is 0 Å². The maximum atomic E-state index is 6.79. The first-order valence-electron chi connectivity index (χ1n) is 13.5. The highest BCUT2D eigenvalue weighted by Gasteiger charge is 2.22. The molecular formula is C28H37ClN8OSi. The zero-order valence-corrected chi connectivity index (χ0v) is 24.9. The topological polar surface area (TPSA) is 99.9 Å². The van der Waals surface area contributed by atoms with Gasteiger partial charge in [0.15, 0.2) is 5.82 Å². The maximum Gasteiger partial charge on any atom is 0.185 e. The summed E-state index contributed by atoms with van der Waals surface area (Å²) in [7, 11) is -1.16. The Kier molecular flexibility index (Phi) is 8.18. The van der Waals surface area contributed by atoms with E-state index in [2.05, 4.69) is 46.6 Å². The van der Waals surface area contributed by atoms with E-state index in [9.17, 15) is 0 Å². The summed E-state index contributed by atoms with van der Waals surface area (Å²) in [6.07, 6.45) is 7.89. The summed E-state index contributed by atoms with van der Waals surface area (Å²) in [5.41, 5.74) is 11.4. The molecule has 0 atom stereocenters. The number of hydrogen-bond acceptors (Lipinski definition) is 7. The van der Waals surface area contributed by atoms with E-state index in [0.29, 0.717) is 23.4 Å². The molecule has 1 saturated heterocycles. The number of aryl methyl sites for hydroxylation is 1. The van der Waals surface area contributed by atoms with Crippen molar-refractivity contribution in [3.05, 3.63) is 59.1 Å². The number of rotatable bonds is 10. The highest BCUT2D eigenvalue weighted by atomic mass is 35.5. The average molecular weight is 565 g/mol. The van der Waals surface area contributed by atoms with Crippen molar-refractivity contribution in [2.75, 3.05) is 25.4 Å². The smallest absolute Gasteiger partial charge is 0.185 e. The van der Waals surface area contributed by atoms with Gasteiger partial charge in [-0.2, -0.15) is 5.10 Å². The highest BCUT2D eigenvalue weighted by molar-refractivity contribution is 6.76. The van der Waals surface area contributed by atoms with Gasteiger partial charge in [0.25, 0.3) is 0 Å². The van der Waals surface area contributed by atoms with E-state index in [1.165, 1.54) is 18.4 Å². The molecule has 0 aliphatic carbocycles. The molecule has 1 aliphatic rings. The number of nitrogen functional groups attached to an aromatic ring is 1. The molecule has 0 spiro atoms. The van der Waals surface area contributed by atoms with Crippen LogP contribution < -0.4 is 5.73 Å². The van der Waals surface area contributed by atoms with Crippen LogP contribution >= 0.6 is 11.6 Å². The lowest BCUT2D eigenvalue weighted by Crippen LogP contribution is -2.22. The largest absolute Gasteiger partial charge is 0.384 e. The zero-order chi connectivity index (χ0) is 27.6. The molecule has 1 fully saturated rings. The number of benzene rings is 1. The van der Waals surface area contributed by atoms with Crippen LogP contribution in [0.2, 0.25) is 30.7 Å². The van der Waals surface area contributed by atoms with Crippen molar-refractivity contribution in [1.82, 2.24) is 34.4 Å². The van der Waals surface area contributed by atoms with E-state index in [0.717, 1.165) is 60.4 Å². The fourth-order valence-corrected chi connectivity index (χ4v) is 5.67. The summed E-state index contributed by atoms with van der Waals surface area (Å²) < 4.78 is 9.43. The van der Waals surface area contributed by atoms with Gasteiger partial charge in [-0.1, -0.05) is 37.3 Å². The predicted octanol–water partition coefficient (Wildman–Crippen LogP) is 5.64. The van der Waals surface area contributed by atoms with E-state index in [-0.39, 0.29) is 0 Å². The van der Waals surface area contributed by atoms with Crippen LogP contribution in [0, 0.1) is 6.92 Å². The lowest BCUT2D eigenvalue weighted by Gasteiger charge is -2.15. The molecule has 0 unspecified atom stereocenters. The number of anilines is 1. The number of nitrogens with zero attached hydrogens (tertiary/aromatic N) is 7. The average Bonchev–Trinajstić information content (AvgIpc) is 3.65. The third kappa shape index (κ3) is 6.75. The van der Waals surface area contributed by atoms with Crippen molar-refractivity contribution in [3.8, 4) is 28.3 Å². The number of likely N-dealkylation sites (tertiary alicyclic amines) is 1. The van der Waals surface area contributed by atoms with Crippen molar-refractivity contribution in [2.45, 2.75) is 58.7 Å². The summed E-state index contributed by atoms with van der Waals surface area (Å²) in [6.45, 7) is 13.2. The Balaban J connectivity index is 1.50. The minimum absolute atomic E-state index is 0.354. The Hall–Kier alpha value is -3.05. The van der Waals surface area contributed by atoms with E-state index < -0.39 is 8.07 Å². The van der Waals surface area contributed by atoms with E-state index in [1.807, 2.05) is 29.9 Å². The van der Waals surface area contributed by atoms with Crippen molar-refractivity contribution in [1.29, 1.82) is 0 Å². The Morgan fingerprint density at radius 2 is 1.85 bits per heavy atom. The Bertz CT molecular complexity index is 1440. The van der Waals surface area contributed by atoms with Gasteiger partial charge in [0.05, 0.1) is 16.3 Å². The molecule has 0 bridgehead atoms. The van der Waals surface area contributed by atoms with E-state index in [4.69, 9.17) is 32.3 Å². The van der Waals surface area contributed by atoms with Crippen LogP contribution in [0.4, 0.5) is 5.82 Å². The molecule has 4 heterocycles. The first-order valence-corrected chi connectivity index (χ1v) is 17.6. The summed E-state index contributed by atoms with van der Waals surface area (Å²) in [5, 5.41) is 10.4.